The van der Waals surface area contributed by atoms with Crippen molar-refractivity contribution >= 4 is 7.82 Å². The minimum absolute atomic E-state index is 0.394. The molecule has 2 aromatic carbocycles. The van der Waals surface area contributed by atoms with Gasteiger partial charge in [0, 0.05) is 5.56 Å². The highest BCUT2D eigenvalue weighted by Gasteiger charge is 2.31. The van der Waals surface area contributed by atoms with Crippen molar-refractivity contribution < 1.29 is 18.1 Å². The van der Waals surface area contributed by atoms with E-state index in [1.807, 2.05) is 48.5 Å². The van der Waals surface area contributed by atoms with Crippen LogP contribution in [0.4, 0.5) is 0 Å². The molecule has 1 fully saturated rings. The van der Waals surface area contributed by atoms with Gasteiger partial charge >= 0.3 is 7.82 Å². The molecule has 21 heavy (non-hydrogen) atoms. The summed E-state index contributed by atoms with van der Waals surface area (Å²) in [6, 6.07) is 17.3. The van der Waals surface area contributed by atoms with E-state index in [0.29, 0.717) is 19.0 Å². The Morgan fingerprint density at radius 3 is 2.19 bits per heavy atom. The van der Waals surface area contributed by atoms with Gasteiger partial charge in [-0.3, -0.25) is 9.05 Å². The van der Waals surface area contributed by atoms with Gasteiger partial charge < -0.3 is 4.52 Å². The van der Waals surface area contributed by atoms with E-state index >= 15 is 0 Å². The smallest absolute Gasteiger partial charge is 0.403 e. The summed E-state index contributed by atoms with van der Waals surface area (Å²) in [5, 5.41) is 0. The molecule has 1 saturated heterocycles. The SMILES string of the molecule is O=P1(Oc2ccccc2-c2ccccc2)OCCCCO1. The Morgan fingerprint density at radius 2 is 1.48 bits per heavy atom. The fourth-order valence-corrected chi connectivity index (χ4v) is 3.46. The van der Waals surface area contributed by atoms with Crippen LogP contribution in [0.25, 0.3) is 11.1 Å². The van der Waals surface area contributed by atoms with Crippen LogP contribution in [0.5, 0.6) is 5.75 Å². The van der Waals surface area contributed by atoms with Crippen molar-refractivity contribution in [3.8, 4) is 16.9 Å². The molecule has 0 N–H and O–H groups in total. The first-order valence-corrected chi connectivity index (χ1v) is 8.46. The highest BCUT2D eigenvalue weighted by Crippen LogP contribution is 2.52. The Bertz CT molecular complexity index is 630. The lowest BCUT2D eigenvalue weighted by molar-refractivity contribution is 0.182. The second-order valence-electron chi connectivity index (χ2n) is 4.77. The van der Waals surface area contributed by atoms with Crippen LogP contribution < -0.4 is 4.52 Å². The number of hydrogen-bond acceptors (Lipinski definition) is 4. The lowest BCUT2D eigenvalue weighted by Gasteiger charge is -2.18. The molecule has 0 atom stereocenters. The van der Waals surface area contributed by atoms with Gasteiger partial charge in [-0.05, 0) is 24.5 Å². The lowest BCUT2D eigenvalue weighted by atomic mass is 10.1. The van der Waals surface area contributed by atoms with Crippen molar-refractivity contribution in [2.45, 2.75) is 12.8 Å². The molecule has 110 valence electrons. The Hall–Kier alpha value is -1.61. The van der Waals surface area contributed by atoms with E-state index in [1.54, 1.807) is 6.07 Å². The number of hydrogen-bond donors (Lipinski definition) is 0. The van der Waals surface area contributed by atoms with Crippen molar-refractivity contribution in [3.05, 3.63) is 54.6 Å². The predicted molar refractivity (Wildman–Crippen MR) is 81.3 cm³/mol. The molecule has 0 bridgehead atoms. The molecule has 5 heteroatoms. The van der Waals surface area contributed by atoms with Crippen molar-refractivity contribution in [1.29, 1.82) is 0 Å². The zero-order valence-corrected chi connectivity index (χ0v) is 12.5. The standard InChI is InChI=1S/C16H17O4P/c17-21(18-12-6-7-13-19-21)20-16-11-5-4-10-15(16)14-8-2-1-3-9-14/h1-5,8-11H,6-7,12-13H2. The molecule has 0 amide bonds. The first kappa shape index (κ1) is 14.3. The molecule has 0 saturated carbocycles. The molecule has 0 radical (unpaired) electrons. The van der Waals surface area contributed by atoms with Crippen LogP contribution in [0, 0.1) is 0 Å². The van der Waals surface area contributed by atoms with Crippen LogP contribution in [0.15, 0.2) is 54.6 Å². The van der Waals surface area contributed by atoms with E-state index in [4.69, 9.17) is 13.6 Å². The molecular weight excluding hydrogens is 287 g/mol. The third-order valence-corrected chi connectivity index (χ3v) is 4.64. The van der Waals surface area contributed by atoms with Crippen LogP contribution in [-0.2, 0) is 13.6 Å². The van der Waals surface area contributed by atoms with Crippen LogP contribution in [0.3, 0.4) is 0 Å². The first-order valence-electron chi connectivity index (χ1n) is 7.00. The van der Waals surface area contributed by atoms with Gasteiger partial charge in [0.25, 0.3) is 0 Å². The predicted octanol–water partition coefficient (Wildman–Crippen LogP) is 4.67. The third kappa shape index (κ3) is 3.53. The highest BCUT2D eigenvalue weighted by atomic mass is 31.2. The van der Waals surface area contributed by atoms with Crippen molar-refractivity contribution in [3.63, 3.8) is 0 Å². The second-order valence-corrected chi connectivity index (χ2v) is 6.37. The molecule has 0 unspecified atom stereocenters. The molecule has 1 aliphatic heterocycles. The molecule has 0 spiro atoms. The van der Waals surface area contributed by atoms with Crippen molar-refractivity contribution in [2.75, 3.05) is 13.2 Å². The third-order valence-electron chi connectivity index (χ3n) is 3.22. The topological polar surface area (TPSA) is 44.8 Å². The zero-order valence-electron chi connectivity index (χ0n) is 11.6. The largest absolute Gasteiger partial charge is 0.530 e. The fourth-order valence-electron chi connectivity index (χ4n) is 2.17. The average molecular weight is 304 g/mol. The minimum atomic E-state index is -3.53. The molecule has 1 heterocycles. The summed E-state index contributed by atoms with van der Waals surface area (Å²) < 4.78 is 28.8. The zero-order chi connectivity index (χ0) is 14.5. The second kappa shape index (κ2) is 6.44. The number of rotatable bonds is 3. The van der Waals surface area contributed by atoms with Crippen molar-refractivity contribution in [2.24, 2.45) is 0 Å². The summed E-state index contributed by atoms with van der Waals surface area (Å²) in [7, 11) is -3.53. The van der Waals surface area contributed by atoms with Gasteiger partial charge in [0.1, 0.15) is 5.75 Å². The quantitative estimate of drug-likeness (QED) is 0.773. The van der Waals surface area contributed by atoms with Crippen molar-refractivity contribution in [1.82, 2.24) is 0 Å². The maximum Gasteiger partial charge on any atom is 0.530 e. The molecule has 0 aromatic heterocycles. The van der Waals surface area contributed by atoms with Crippen LogP contribution in [0.1, 0.15) is 12.8 Å². The Kier molecular flexibility index (Phi) is 4.39. The first-order chi connectivity index (χ1) is 10.3. The molecule has 1 aliphatic rings. The average Bonchev–Trinajstić information content (AvgIpc) is 2.73. The lowest BCUT2D eigenvalue weighted by Crippen LogP contribution is -2.01. The summed E-state index contributed by atoms with van der Waals surface area (Å²) in [6.45, 7) is 0.787. The van der Waals surface area contributed by atoms with E-state index in [9.17, 15) is 4.57 Å². The number of phosphoric acid groups is 1. The summed E-state index contributed by atoms with van der Waals surface area (Å²) in [6.07, 6.45) is 1.65. The van der Waals surface area contributed by atoms with Gasteiger partial charge in [-0.25, -0.2) is 4.57 Å². The van der Waals surface area contributed by atoms with Gasteiger partial charge in [-0.1, -0.05) is 48.5 Å². The van der Waals surface area contributed by atoms with Gasteiger partial charge in [0.15, 0.2) is 0 Å². The number of para-hydroxylation sites is 1. The molecule has 4 nitrogen and oxygen atoms in total. The molecule has 2 aromatic rings. The summed E-state index contributed by atoms with van der Waals surface area (Å²) in [5.74, 6) is 0.508. The Balaban J connectivity index is 1.91. The maximum absolute atomic E-state index is 12.5. The summed E-state index contributed by atoms with van der Waals surface area (Å²) >= 11 is 0. The van der Waals surface area contributed by atoms with Crippen LogP contribution in [-0.4, -0.2) is 13.2 Å². The van der Waals surface area contributed by atoms with Gasteiger partial charge in [-0.15, -0.1) is 0 Å². The number of benzene rings is 2. The normalized spacial score (nSPS) is 17.9. The fraction of sp³-hybridized carbons (Fsp3) is 0.250. The molecule has 0 aliphatic carbocycles. The van der Waals surface area contributed by atoms with Crippen LogP contribution >= 0.6 is 7.82 Å². The molecule has 3 rings (SSSR count). The maximum atomic E-state index is 12.5. The van der Waals surface area contributed by atoms with E-state index in [0.717, 1.165) is 24.0 Å². The monoisotopic (exact) mass is 304 g/mol. The van der Waals surface area contributed by atoms with E-state index < -0.39 is 7.82 Å². The van der Waals surface area contributed by atoms with E-state index in [2.05, 4.69) is 0 Å². The highest BCUT2D eigenvalue weighted by molar-refractivity contribution is 7.48. The van der Waals surface area contributed by atoms with E-state index in [1.165, 1.54) is 0 Å². The summed E-state index contributed by atoms with van der Waals surface area (Å²) in [4.78, 5) is 0. The minimum Gasteiger partial charge on any atom is -0.403 e. The Labute approximate surface area is 124 Å². The van der Waals surface area contributed by atoms with E-state index in [-0.39, 0.29) is 0 Å². The Morgan fingerprint density at radius 1 is 0.857 bits per heavy atom. The van der Waals surface area contributed by atoms with Gasteiger partial charge in [0.05, 0.1) is 13.2 Å². The van der Waals surface area contributed by atoms with Gasteiger partial charge in [0.2, 0.25) is 0 Å². The van der Waals surface area contributed by atoms with Crippen LogP contribution in [0.2, 0.25) is 0 Å². The molecular formula is C16H17O4P. The summed E-state index contributed by atoms with van der Waals surface area (Å²) in [5.41, 5.74) is 1.86. The number of phosphoric ester groups is 1. The van der Waals surface area contributed by atoms with Gasteiger partial charge in [-0.2, -0.15) is 0 Å².